The second-order valence-corrected chi connectivity index (χ2v) is 8.49. The van der Waals surface area contributed by atoms with Crippen LogP contribution in [0.25, 0.3) is 0 Å². The van der Waals surface area contributed by atoms with Crippen molar-refractivity contribution in [3.05, 3.63) is 0 Å². The van der Waals surface area contributed by atoms with Crippen LogP contribution in [0.4, 0.5) is 0 Å². The number of guanidine groups is 1. The number of nitrogens with zero attached hydrogens (tertiary/aromatic N) is 2. The highest BCUT2D eigenvalue weighted by molar-refractivity contribution is 7.99. The third kappa shape index (κ3) is 4.82. The number of aliphatic imine (C=N–C) groups is 1. The molecule has 1 aliphatic heterocycles. The van der Waals surface area contributed by atoms with Gasteiger partial charge in [0.15, 0.2) is 5.96 Å². The molecule has 1 saturated heterocycles. The van der Waals surface area contributed by atoms with E-state index >= 15 is 0 Å². The van der Waals surface area contributed by atoms with Gasteiger partial charge < -0.3 is 10.6 Å². The van der Waals surface area contributed by atoms with Gasteiger partial charge in [0.2, 0.25) is 10.0 Å². The number of rotatable bonds is 4. The van der Waals surface area contributed by atoms with E-state index < -0.39 is 10.0 Å². The molecule has 0 aromatic rings. The van der Waals surface area contributed by atoms with E-state index in [1.807, 2.05) is 11.8 Å². The van der Waals surface area contributed by atoms with E-state index in [4.69, 9.17) is 5.73 Å². The standard InChI is InChI=1S/C12H24N4O2S2/c1-20(17,18)15-11-4-2-3-10(11)9-14-12(13)16-5-7-19-8-6-16/h10-11,15H,2-9H2,1H3,(H2,13,14). The van der Waals surface area contributed by atoms with Crippen molar-refractivity contribution in [1.82, 2.24) is 9.62 Å². The van der Waals surface area contributed by atoms with E-state index in [1.54, 1.807) is 0 Å². The molecule has 0 radical (unpaired) electrons. The van der Waals surface area contributed by atoms with Crippen molar-refractivity contribution in [3.63, 3.8) is 0 Å². The summed E-state index contributed by atoms with van der Waals surface area (Å²) in [5.41, 5.74) is 6.03. The summed E-state index contributed by atoms with van der Waals surface area (Å²) in [7, 11) is -3.14. The van der Waals surface area contributed by atoms with E-state index in [0.717, 1.165) is 43.9 Å². The fraction of sp³-hybridized carbons (Fsp3) is 0.917. The molecule has 2 fully saturated rings. The summed E-state index contributed by atoms with van der Waals surface area (Å²) >= 11 is 1.94. The molecule has 1 aliphatic carbocycles. The van der Waals surface area contributed by atoms with Gasteiger partial charge in [0, 0.05) is 37.2 Å². The Labute approximate surface area is 125 Å². The highest BCUT2D eigenvalue weighted by Crippen LogP contribution is 2.26. The fourth-order valence-corrected chi connectivity index (χ4v) is 4.55. The second kappa shape index (κ2) is 7.00. The Kier molecular flexibility index (Phi) is 5.57. The molecule has 0 aromatic carbocycles. The van der Waals surface area contributed by atoms with E-state index in [0.29, 0.717) is 12.5 Å². The van der Waals surface area contributed by atoms with Crippen LogP contribution in [-0.2, 0) is 10.0 Å². The average molecular weight is 320 g/mol. The molecule has 116 valence electrons. The number of nitrogens with one attached hydrogen (secondary N) is 1. The summed E-state index contributed by atoms with van der Waals surface area (Å²) in [6.07, 6.45) is 4.17. The van der Waals surface area contributed by atoms with Gasteiger partial charge in [-0.3, -0.25) is 4.99 Å². The molecule has 8 heteroatoms. The molecule has 1 heterocycles. The Morgan fingerprint density at radius 1 is 1.40 bits per heavy atom. The predicted octanol–water partition coefficient (Wildman–Crippen LogP) is 0.0678. The summed E-state index contributed by atoms with van der Waals surface area (Å²) in [5.74, 6) is 3.06. The molecular weight excluding hydrogens is 296 g/mol. The highest BCUT2D eigenvalue weighted by Gasteiger charge is 2.29. The number of hydrogen-bond donors (Lipinski definition) is 2. The summed E-state index contributed by atoms with van der Waals surface area (Å²) in [6, 6.07) is 0.0125. The van der Waals surface area contributed by atoms with Crippen molar-refractivity contribution in [1.29, 1.82) is 0 Å². The van der Waals surface area contributed by atoms with Crippen LogP contribution in [0.15, 0.2) is 4.99 Å². The average Bonchev–Trinajstić information content (AvgIpc) is 2.82. The van der Waals surface area contributed by atoms with Crippen LogP contribution in [0.5, 0.6) is 0 Å². The quantitative estimate of drug-likeness (QED) is 0.565. The topological polar surface area (TPSA) is 87.8 Å². The normalized spacial score (nSPS) is 28.9. The van der Waals surface area contributed by atoms with Gasteiger partial charge in [-0.25, -0.2) is 13.1 Å². The molecule has 2 rings (SSSR count). The zero-order valence-corrected chi connectivity index (χ0v) is 13.5. The van der Waals surface area contributed by atoms with Crippen molar-refractivity contribution in [2.75, 3.05) is 37.4 Å². The largest absolute Gasteiger partial charge is 0.370 e. The second-order valence-electron chi connectivity index (χ2n) is 5.49. The zero-order chi connectivity index (χ0) is 14.6. The minimum atomic E-state index is -3.14. The van der Waals surface area contributed by atoms with E-state index in [-0.39, 0.29) is 12.0 Å². The Hall–Kier alpha value is -0.470. The lowest BCUT2D eigenvalue weighted by Crippen LogP contribution is -2.43. The minimum Gasteiger partial charge on any atom is -0.370 e. The van der Waals surface area contributed by atoms with Crippen molar-refractivity contribution in [2.24, 2.45) is 16.6 Å². The van der Waals surface area contributed by atoms with Crippen LogP contribution < -0.4 is 10.5 Å². The molecule has 0 aromatic heterocycles. The van der Waals surface area contributed by atoms with Gasteiger partial charge in [-0.05, 0) is 18.8 Å². The lowest BCUT2D eigenvalue weighted by atomic mass is 10.1. The maximum atomic E-state index is 11.3. The lowest BCUT2D eigenvalue weighted by Gasteiger charge is -2.27. The Morgan fingerprint density at radius 2 is 2.10 bits per heavy atom. The fourth-order valence-electron chi connectivity index (χ4n) is 2.79. The maximum absolute atomic E-state index is 11.3. The summed E-state index contributed by atoms with van der Waals surface area (Å²) in [4.78, 5) is 6.60. The third-order valence-corrected chi connectivity index (χ3v) is 5.52. The first-order valence-electron chi connectivity index (χ1n) is 7.05. The molecule has 0 spiro atoms. The SMILES string of the molecule is CS(=O)(=O)NC1CCCC1CN=C(N)N1CCSCC1. The van der Waals surface area contributed by atoms with Crippen molar-refractivity contribution < 1.29 is 8.42 Å². The monoisotopic (exact) mass is 320 g/mol. The summed E-state index contributed by atoms with van der Waals surface area (Å²) < 4.78 is 25.4. The molecule has 1 saturated carbocycles. The van der Waals surface area contributed by atoms with Gasteiger partial charge in [-0.15, -0.1) is 0 Å². The Balaban J connectivity index is 1.88. The highest BCUT2D eigenvalue weighted by atomic mass is 32.2. The third-order valence-electron chi connectivity index (χ3n) is 3.85. The molecule has 0 amide bonds. The van der Waals surface area contributed by atoms with Crippen molar-refractivity contribution in [3.8, 4) is 0 Å². The number of nitrogens with two attached hydrogens (primary N) is 1. The van der Waals surface area contributed by atoms with Gasteiger partial charge in [0.1, 0.15) is 0 Å². The van der Waals surface area contributed by atoms with Crippen LogP contribution in [0.2, 0.25) is 0 Å². The predicted molar refractivity (Wildman–Crippen MR) is 84.5 cm³/mol. The molecule has 0 bridgehead atoms. The maximum Gasteiger partial charge on any atom is 0.208 e. The minimum absolute atomic E-state index is 0.0125. The van der Waals surface area contributed by atoms with E-state index in [2.05, 4.69) is 14.6 Å². The number of thioether (sulfide) groups is 1. The molecule has 20 heavy (non-hydrogen) atoms. The smallest absolute Gasteiger partial charge is 0.208 e. The van der Waals surface area contributed by atoms with Crippen LogP contribution in [0.3, 0.4) is 0 Å². The molecule has 2 unspecified atom stereocenters. The molecule has 6 nitrogen and oxygen atoms in total. The van der Waals surface area contributed by atoms with Gasteiger partial charge in [-0.1, -0.05) is 6.42 Å². The Bertz CT molecular complexity index is 446. The summed E-state index contributed by atoms with van der Waals surface area (Å²) in [6.45, 7) is 2.52. The molecular formula is C12H24N4O2S2. The van der Waals surface area contributed by atoms with Gasteiger partial charge in [0.05, 0.1) is 6.26 Å². The van der Waals surface area contributed by atoms with Crippen LogP contribution in [0, 0.1) is 5.92 Å². The van der Waals surface area contributed by atoms with Gasteiger partial charge in [0.25, 0.3) is 0 Å². The number of sulfonamides is 1. The van der Waals surface area contributed by atoms with E-state index in [1.165, 1.54) is 6.26 Å². The Morgan fingerprint density at radius 3 is 2.75 bits per heavy atom. The van der Waals surface area contributed by atoms with Crippen molar-refractivity contribution in [2.45, 2.75) is 25.3 Å². The van der Waals surface area contributed by atoms with Gasteiger partial charge >= 0.3 is 0 Å². The molecule has 3 N–H and O–H groups in total. The molecule has 2 aliphatic rings. The van der Waals surface area contributed by atoms with E-state index in [9.17, 15) is 8.42 Å². The van der Waals surface area contributed by atoms with Gasteiger partial charge in [-0.2, -0.15) is 11.8 Å². The first kappa shape index (κ1) is 15.9. The number of hydrogen-bond acceptors (Lipinski definition) is 4. The van der Waals surface area contributed by atoms with Crippen LogP contribution in [-0.4, -0.2) is 62.7 Å². The first-order valence-corrected chi connectivity index (χ1v) is 10.1. The first-order chi connectivity index (χ1) is 9.46. The molecule has 2 atom stereocenters. The summed E-state index contributed by atoms with van der Waals surface area (Å²) in [5, 5.41) is 0. The van der Waals surface area contributed by atoms with Crippen LogP contribution in [0.1, 0.15) is 19.3 Å². The lowest BCUT2D eigenvalue weighted by molar-refractivity contribution is 0.435. The zero-order valence-electron chi connectivity index (χ0n) is 11.9. The van der Waals surface area contributed by atoms with Crippen LogP contribution >= 0.6 is 11.8 Å². The van der Waals surface area contributed by atoms with Crippen molar-refractivity contribution >= 4 is 27.7 Å².